The van der Waals surface area contributed by atoms with E-state index in [2.05, 4.69) is 15.0 Å². The van der Waals surface area contributed by atoms with Gasteiger partial charge in [-0.2, -0.15) is 15.0 Å². The second-order valence-corrected chi connectivity index (χ2v) is 7.48. The largest absolute Gasteiger partial charge is 0.347 e. The van der Waals surface area contributed by atoms with Crippen LogP contribution in [-0.4, -0.2) is 61.1 Å². The van der Waals surface area contributed by atoms with Crippen molar-refractivity contribution in [2.75, 3.05) is 47.8 Å². The fourth-order valence-electron chi connectivity index (χ4n) is 2.69. The summed E-state index contributed by atoms with van der Waals surface area (Å²) in [6.45, 7) is 1.70. The first kappa shape index (κ1) is 20.1. The fourth-order valence-corrected chi connectivity index (χ4v) is 2.98. The normalized spacial score (nSPS) is 16.8. The van der Waals surface area contributed by atoms with E-state index >= 15 is 0 Å². The highest BCUT2D eigenvalue weighted by Gasteiger charge is 2.43. The zero-order valence-electron chi connectivity index (χ0n) is 16.1. The van der Waals surface area contributed by atoms with Gasteiger partial charge in [-0.3, -0.25) is 15.1 Å². The predicted octanol–water partition coefficient (Wildman–Crippen LogP) is 2.49. The van der Waals surface area contributed by atoms with E-state index in [-0.39, 0.29) is 17.8 Å². The van der Waals surface area contributed by atoms with Crippen LogP contribution in [0.3, 0.4) is 0 Å². The number of nitrogens with one attached hydrogen (secondary N) is 1. The van der Waals surface area contributed by atoms with Crippen LogP contribution in [0.2, 0.25) is 10.0 Å². The summed E-state index contributed by atoms with van der Waals surface area (Å²) in [4.78, 5) is 32.3. The maximum Gasteiger partial charge on any atom is 0.256 e. The molecule has 1 aromatic carbocycles. The molecule has 0 saturated carbocycles. The third-order valence-corrected chi connectivity index (χ3v) is 4.92. The number of hydrogen-bond donors (Lipinski definition) is 1. The first-order valence-corrected chi connectivity index (χ1v) is 9.15. The van der Waals surface area contributed by atoms with Gasteiger partial charge in [-0.1, -0.05) is 23.2 Å². The minimum Gasteiger partial charge on any atom is -0.347 e. The number of anilines is 4. The SMILES string of the molecule is C[C@@H]1C(=O)N(c2ccc(Cl)c(Cl)c2)C(=N)N1c1nc(N(C)C)nc(N(C)C)n1. The van der Waals surface area contributed by atoms with Crippen LogP contribution in [0.4, 0.5) is 23.5 Å². The molecule has 0 radical (unpaired) electrons. The Balaban J connectivity index is 2.07. The summed E-state index contributed by atoms with van der Waals surface area (Å²) < 4.78 is 0. The second kappa shape index (κ2) is 7.40. The van der Waals surface area contributed by atoms with Crippen LogP contribution in [0, 0.1) is 5.41 Å². The molecule has 1 aromatic heterocycles. The molecular formula is C17H20Cl2N8O. The Labute approximate surface area is 173 Å². The van der Waals surface area contributed by atoms with Gasteiger partial charge >= 0.3 is 0 Å². The molecule has 0 bridgehead atoms. The number of guanidine groups is 1. The Bertz CT molecular complexity index is 922. The molecule has 0 aliphatic carbocycles. The quantitative estimate of drug-likeness (QED) is 0.808. The van der Waals surface area contributed by atoms with Crippen molar-refractivity contribution in [3.05, 3.63) is 28.2 Å². The first-order valence-electron chi connectivity index (χ1n) is 8.39. The van der Waals surface area contributed by atoms with Gasteiger partial charge in [-0.05, 0) is 25.1 Å². The van der Waals surface area contributed by atoms with Gasteiger partial charge in [0.25, 0.3) is 5.91 Å². The number of rotatable bonds is 4. The molecule has 1 atom stereocenters. The van der Waals surface area contributed by atoms with Gasteiger partial charge < -0.3 is 9.80 Å². The molecule has 1 N–H and O–H groups in total. The number of nitrogens with zero attached hydrogens (tertiary/aromatic N) is 7. The topological polar surface area (TPSA) is 92.6 Å². The van der Waals surface area contributed by atoms with Crippen molar-refractivity contribution in [3.63, 3.8) is 0 Å². The minimum atomic E-state index is -0.672. The number of halogens is 2. The average Bonchev–Trinajstić information content (AvgIpc) is 2.86. The smallest absolute Gasteiger partial charge is 0.256 e. The molecular weight excluding hydrogens is 403 g/mol. The van der Waals surface area contributed by atoms with Gasteiger partial charge in [0, 0.05) is 28.2 Å². The van der Waals surface area contributed by atoms with Crippen molar-refractivity contribution >= 4 is 58.6 Å². The Morgan fingerprint density at radius 2 is 1.57 bits per heavy atom. The standard InChI is InChI=1S/C17H20Cl2N8O/c1-9-13(28)27(10-6-7-11(18)12(19)8-10)14(20)26(9)17-22-15(24(2)3)21-16(23-17)25(4)5/h6-9,20H,1-5H3/t9-/m1/s1. The van der Waals surface area contributed by atoms with E-state index in [4.69, 9.17) is 28.6 Å². The lowest BCUT2D eigenvalue weighted by Gasteiger charge is -2.23. The third-order valence-electron chi connectivity index (χ3n) is 4.18. The van der Waals surface area contributed by atoms with Crippen LogP contribution in [0.1, 0.15) is 6.92 Å². The molecule has 1 aliphatic rings. The molecule has 2 aromatic rings. The maximum atomic E-state index is 12.9. The Hall–Kier alpha value is -2.65. The highest BCUT2D eigenvalue weighted by Crippen LogP contribution is 2.32. The highest BCUT2D eigenvalue weighted by atomic mass is 35.5. The first-order chi connectivity index (χ1) is 13.1. The fraction of sp³-hybridized carbons (Fsp3) is 0.353. The van der Waals surface area contributed by atoms with Gasteiger partial charge in [-0.25, -0.2) is 4.90 Å². The summed E-state index contributed by atoms with van der Waals surface area (Å²) in [7, 11) is 7.24. The van der Waals surface area contributed by atoms with Crippen molar-refractivity contribution in [2.45, 2.75) is 13.0 Å². The van der Waals surface area contributed by atoms with Crippen LogP contribution in [0.5, 0.6) is 0 Å². The molecule has 1 aliphatic heterocycles. The molecule has 9 nitrogen and oxygen atoms in total. The summed E-state index contributed by atoms with van der Waals surface area (Å²) in [6.07, 6.45) is 0. The van der Waals surface area contributed by atoms with Crippen LogP contribution in [0.25, 0.3) is 0 Å². The molecule has 28 heavy (non-hydrogen) atoms. The summed E-state index contributed by atoms with van der Waals surface area (Å²) >= 11 is 12.1. The lowest BCUT2D eigenvalue weighted by Crippen LogP contribution is -2.36. The number of aromatic nitrogens is 3. The highest BCUT2D eigenvalue weighted by molar-refractivity contribution is 6.42. The molecule has 11 heteroatoms. The predicted molar refractivity (Wildman–Crippen MR) is 112 cm³/mol. The van der Waals surface area contributed by atoms with Gasteiger partial charge in [0.2, 0.25) is 23.8 Å². The molecule has 148 valence electrons. The van der Waals surface area contributed by atoms with Crippen LogP contribution in [-0.2, 0) is 4.79 Å². The van der Waals surface area contributed by atoms with Crippen LogP contribution in [0.15, 0.2) is 18.2 Å². The average molecular weight is 423 g/mol. The van der Waals surface area contributed by atoms with Crippen molar-refractivity contribution in [2.24, 2.45) is 0 Å². The maximum absolute atomic E-state index is 12.9. The van der Waals surface area contributed by atoms with E-state index in [0.29, 0.717) is 27.6 Å². The van der Waals surface area contributed by atoms with E-state index in [0.717, 1.165) is 0 Å². The number of carbonyl (C=O) groups excluding carboxylic acids is 1. The molecule has 2 heterocycles. The van der Waals surface area contributed by atoms with Crippen molar-refractivity contribution in [3.8, 4) is 0 Å². The van der Waals surface area contributed by atoms with Gasteiger partial charge in [0.1, 0.15) is 6.04 Å². The van der Waals surface area contributed by atoms with E-state index in [9.17, 15) is 4.79 Å². The zero-order valence-corrected chi connectivity index (χ0v) is 17.6. The monoisotopic (exact) mass is 422 g/mol. The molecule has 0 spiro atoms. The van der Waals surface area contributed by atoms with Crippen LogP contribution >= 0.6 is 23.2 Å². The van der Waals surface area contributed by atoms with E-state index < -0.39 is 6.04 Å². The second-order valence-electron chi connectivity index (χ2n) is 6.67. The van der Waals surface area contributed by atoms with E-state index in [1.165, 1.54) is 9.80 Å². The summed E-state index contributed by atoms with van der Waals surface area (Å²) in [5, 5.41) is 9.28. The lowest BCUT2D eigenvalue weighted by molar-refractivity contribution is -0.117. The Morgan fingerprint density at radius 1 is 1.00 bits per heavy atom. The molecule has 1 amide bonds. The van der Waals surface area contributed by atoms with Gasteiger partial charge in [0.15, 0.2) is 0 Å². The van der Waals surface area contributed by atoms with E-state index in [1.54, 1.807) is 34.9 Å². The Kier molecular flexibility index (Phi) is 5.31. The number of amides is 1. The molecule has 1 saturated heterocycles. The number of benzene rings is 1. The summed E-state index contributed by atoms with van der Waals surface area (Å²) in [5.41, 5.74) is 0.452. The number of carbonyl (C=O) groups is 1. The summed E-state index contributed by atoms with van der Waals surface area (Å²) in [6, 6.07) is 4.11. The van der Waals surface area contributed by atoms with Crippen molar-refractivity contribution < 1.29 is 4.79 Å². The van der Waals surface area contributed by atoms with Gasteiger partial charge in [-0.15, -0.1) is 0 Å². The number of hydrogen-bond acceptors (Lipinski definition) is 7. The third kappa shape index (κ3) is 3.43. The van der Waals surface area contributed by atoms with Gasteiger partial charge in [0.05, 0.1) is 15.7 Å². The van der Waals surface area contributed by atoms with Crippen LogP contribution < -0.4 is 19.6 Å². The lowest BCUT2D eigenvalue weighted by atomic mass is 10.2. The molecule has 3 rings (SSSR count). The van der Waals surface area contributed by atoms with E-state index in [1.807, 2.05) is 28.2 Å². The Morgan fingerprint density at radius 3 is 2.07 bits per heavy atom. The zero-order chi connectivity index (χ0) is 20.7. The minimum absolute atomic E-state index is 0.0727. The van der Waals surface area contributed by atoms with Crippen molar-refractivity contribution in [1.82, 2.24) is 15.0 Å². The van der Waals surface area contributed by atoms with Crippen molar-refractivity contribution in [1.29, 1.82) is 5.41 Å². The molecule has 1 fully saturated rings. The molecule has 0 unspecified atom stereocenters. The summed E-state index contributed by atoms with van der Waals surface area (Å²) in [5.74, 6) is 0.706.